The molecule has 1 saturated heterocycles. The van der Waals surface area contributed by atoms with Crippen molar-refractivity contribution in [2.24, 2.45) is 0 Å². The van der Waals surface area contributed by atoms with Gasteiger partial charge in [0.05, 0.1) is 23.7 Å². The number of hydrogen-bond donors (Lipinski definition) is 7. The molecule has 2 rings (SSSR count). The van der Waals surface area contributed by atoms with Crippen LogP contribution in [0.3, 0.4) is 0 Å². The average Bonchev–Trinajstić information content (AvgIpc) is 2.69. The second kappa shape index (κ2) is 9.76. The quantitative estimate of drug-likeness (QED) is 0.190. The summed E-state index contributed by atoms with van der Waals surface area (Å²) in [6.45, 7) is -0.0263. The fourth-order valence-corrected chi connectivity index (χ4v) is 5.13. The van der Waals surface area contributed by atoms with Gasteiger partial charge >= 0.3 is 0 Å². The Morgan fingerprint density at radius 2 is 1.86 bits per heavy atom. The van der Waals surface area contributed by atoms with Crippen LogP contribution in [0.1, 0.15) is 22.3 Å². The van der Waals surface area contributed by atoms with Gasteiger partial charge in [-0.1, -0.05) is 11.8 Å². The predicted octanol–water partition coefficient (Wildman–Crippen LogP) is -0.250. The second-order valence-corrected chi connectivity index (χ2v) is 8.66. The van der Waals surface area contributed by atoms with Gasteiger partial charge in [0.15, 0.2) is 0 Å². The molecule has 1 aliphatic rings. The van der Waals surface area contributed by atoms with Crippen LogP contribution in [0, 0.1) is 23.7 Å². The molecule has 1 atom stereocenters. The molecule has 1 aromatic rings. The number of hydrogen-bond acceptors (Lipinski definition) is 7. The number of likely N-dealkylation sites (N-methyl/N-ethyl adjacent to an activating group) is 1. The lowest BCUT2D eigenvalue weighted by Crippen LogP contribution is -2.74. The van der Waals surface area contributed by atoms with E-state index in [-0.39, 0.29) is 23.7 Å². The summed E-state index contributed by atoms with van der Waals surface area (Å²) in [4.78, 5) is 24.7. The van der Waals surface area contributed by atoms with Gasteiger partial charge in [0, 0.05) is 17.5 Å². The first-order valence-corrected chi connectivity index (χ1v) is 10.5. The molecule has 29 heavy (non-hydrogen) atoms. The van der Waals surface area contributed by atoms with Crippen LogP contribution in [-0.4, -0.2) is 68.0 Å². The summed E-state index contributed by atoms with van der Waals surface area (Å²) in [6, 6.07) is 5.06. The maximum atomic E-state index is 12.6. The number of rotatable bonds is 6. The Hall–Kier alpha value is -2.57. The maximum absolute atomic E-state index is 12.6. The van der Waals surface area contributed by atoms with Crippen LogP contribution >= 0.6 is 10.6 Å². The molecule has 0 radical (unpaired) electrons. The Kier molecular flexibility index (Phi) is 7.65. The number of aliphatic hydroxyl groups is 1. The second-order valence-electron chi connectivity index (χ2n) is 6.48. The third-order valence-electron chi connectivity index (χ3n) is 4.42. The van der Waals surface area contributed by atoms with Crippen molar-refractivity contribution in [1.82, 2.24) is 16.1 Å². The van der Waals surface area contributed by atoms with Crippen molar-refractivity contribution in [2.45, 2.75) is 18.0 Å². The molecule has 9 nitrogen and oxygen atoms in total. The van der Waals surface area contributed by atoms with E-state index in [1.54, 1.807) is 12.1 Å². The first-order chi connectivity index (χ1) is 13.8. The largest absolute Gasteiger partial charge is 0.395 e. The zero-order valence-corrected chi connectivity index (χ0v) is 16.5. The standard InChI is InChI=1S/C19H23N3O6S/c1-20-19(12-29(27,28)13-19)16(18(25)22-26)21-17(24)15-9-7-14(8-10-15)6-4-2-3-5-11-23/h7-10,16,20,23,26-28H,5,11-13H2,1H3,(H,21,24)(H,22,25). The number of benzene rings is 1. The highest BCUT2D eigenvalue weighted by molar-refractivity contribution is 8.25. The van der Waals surface area contributed by atoms with Gasteiger partial charge in [-0.05, 0) is 43.2 Å². The fourth-order valence-electron chi connectivity index (χ4n) is 2.94. The molecular weight excluding hydrogens is 398 g/mol. The summed E-state index contributed by atoms with van der Waals surface area (Å²) in [5, 5.41) is 23.1. The molecule has 0 bridgehead atoms. The van der Waals surface area contributed by atoms with Crippen molar-refractivity contribution in [3.63, 3.8) is 0 Å². The van der Waals surface area contributed by atoms with Crippen LogP contribution in [0.15, 0.2) is 24.3 Å². The summed E-state index contributed by atoms with van der Waals surface area (Å²) in [5.74, 6) is 9.02. The Bertz CT molecular complexity index is 871. The molecule has 1 aromatic carbocycles. The average molecular weight is 421 g/mol. The van der Waals surface area contributed by atoms with E-state index in [2.05, 4.69) is 34.3 Å². The minimum atomic E-state index is -2.82. The first-order valence-electron chi connectivity index (χ1n) is 8.64. The van der Waals surface area contributed by atoms with Crippen LogP contribution in [0.2, 0.25) is 0 Å². The van der Waals surface area contributed by atoms with Gasteiger partial charge in [0.25, 0.3) is 11.8 Å². The van der Waals surface area contributed by atoms with E-state index in [9.17, 15) is 18.7 Å². The molecule has 0 aliphatic carbocycles. The number of carbonyl (C=O) groups excluding carboxylic acids is 2. The highest BCUT2D eigenvalue weighted by Crippen LogP contribution is 2.55. The van der Waals surface area contributed by atoms with E-state index in [0.717, 1.165) is 0 Å². The summed E-state index contributed by atoms with van der Waals surface area (Å²) < 4.78 is 19.5. The molecular formula is C19H23N3O6S. The molecule has 1 heterocycles. The topological polar surface area (TPSA) is 151 Å². The minimum Gasteiger partial charge on any atom is -0.395 e. The molecule has 2 amide bonds. The van der Waals surface area contributed by atoms with Crippen molar-refractivity contribution in [2.75, 3.05) is 25.2 Å². The summed E-state index contributed by atoms with van der Waals surface area (Å²) in [5.41, 5.74) is 1.31. The third-order valence-corrected chi connectivity index (χ3v) is 6.37. The van der Waals surface area contributed by atoms with Gasteiger partial charge in [-0.15, -0.1) is 0 Å². The van der Waals surface area contributed by atoms with Crippen molar-refractivity contribution < 1.29 is 29.0 Å². The minimum absolute atomic E-state index is 0.0263. The van der Waals surface area contributed by atoms with Crippen molar-refractivity contribution in [3.8, 4) is 23.7 Å². The van der Waals surface area contributed by atoms with Gasteiger partial charge in [-0.2, -0.15) is 10.6 Å². The molecule has 156 valence electrons. The van der Waals surface area contributed by atoms with Crippen molar-refractivity contribution >= 4 is 22.4 Å². The van der Waals surface area contributed by atoms with Gasteiger partial charge in [0.2, 0.25) is 0 Å². The van der Waals surface area contributed by atoms with E-state index in [0.29, 0.717) is 12.0 Å². The lowest BCUT2D eigenvalue weighted by Gasteiger charge is -2.58. The Balaban J connectivity index is 2.12. The van der Waals surface area contributed by atoms with Gasteiger partial charge in [-0.25, -0.2) is 5.48 Å². The van der Waals surface area contributed by atoms with E-state index < -0.39 is 34.0 Å². The molecule has 0 saturated carbocycles. The number of aliphatic hydroxyl groups excluding tert-OH is 1. The molecule has 1 unspecified atom stereocenters. The van der Waals surface area contributed by atoms with E-state index >= 15 is 0 Å². The third kappa shape index (κ3) is 5.71. The Labute approximate surface area is 170 Å². The molecule has 1 aliphatic heterocycles. The van der Waals surface area contributed by atoms with Crippen LogP contribution < -0.4 is 16.1 Å². The van der Waals surface area contributed by atoms with Crippen molar-refractivity contribution in [3.05, 3.63) is 35.4 Å². The zero-order chi connectivity index (χ0) is 21.5. The highest BCUT2D eigenvalue weighted by atomic mass is 32.3. The Morgan fingerprint density at radius 3 is 2.38 bits per heavy atom. The van der Waals surface area contributed by atoms with E-state index in [1.165, 1.54) is 24.7 Å². The lowest BCUT2D eigenvalue weighted by atomic mass is 9.92. The number of amides is 2. The van der Waals surface area contributed by atoms with Gasteiger partial charge in [0.1, 0.15) is 6.04 Å². The lowest BCUT2D eigenvalue weighted by molar-refractivity contribution is -0.133. The summed E-state index contributed by atoms with van der Waals surface area (Å²) >= 11 is 0. The predicted molar refractivity (Wildman–Crippen MR) is 108 cm³/mol. The molecule has 10 heteroatoms. The smallest absolute Gasteiger partial charge is 0.267 e. The SMILES string of the molecule is CNC1(C(NC(=O)c2ccc(C#CC#CCCO)cc2)C(=O)NO)CS(O)(O)C1. The summed E-state index contributed by atoms with van der Waals surface area (Å²) in [7, 11) is -1.29. The van der Waals surface area contributed by atoms with Crippen LogP contribution in [-0.2, 0) is 4.79 Å². The van der Waals surface area contributed by atoms with Crippen molar-refractivity contribution in [1.29, 1.82) is 0 Å². The molecule has 1 fully saturated rings. The van der Waals surface area contributed by atoms with Gasteiger partial charge in [-0.3, -0.25) is 23.9 Å². The van der Waals surface area contributed by atoms with E-state index in [1.807, 2.05) is 0 Å². The normalized spacial score (nSPS) is 17.8. The monoisotopic (exact) mass is 421 g/mol. The zero-order valence-electron chi connectivity index (χ0n) is 15.7. The highest BCUT2D eigenvalue weighted by Gasteiger charge is 2.55. The van der Waals surface area contributed by atoms with Crippen LogP contribution in [0.25, 0.3) is 0 Å². The van der Waals surface area contributed by atoms with E-state index in [4.69, 9.17) is 10.3 Å². The fraction of sp³-hybridized carbons (Fsp3) is 0.368. The first kappa shape index (κ1) is 22.7. The molecule has 7 N–H and O–H groups in total. The number of hydroxylamine groups is 1. The molecule has 0 aromatic heterocycles. The number of nitrogens with one attached hydrogen (secondary N) is 3. The summed E-state index contributed by atoms with van der Waals surface area (Å²) in [6.07, 6.45) is 0.347. The Morgan fingerprint density at radius 1 is 1.21 bits per heavy atom. The number of carbonyl (C=O) groups is 2. The maximum Gasteiger partial charge on any atom is 0.267 e. The van der Waals surface area contributed by atoms with Crippen LogP contribution in [0.4, 0.5) is 0 Å². The van der Waals surface area contributed by atoms with Gasteiger partial charge < -0.3 is 15.7 Å². The molecule has 0 spiro atoms. The van der Waals surface area contributed by atoms with Crippen LogP contribution in [0.5, 0.6) is 0 Å².